The van der Waals surface area contributed by atoms with E-state index in [1.807, 2.05) is 28.3 Å². The lowest BCUT2D eigenvalue weighted by Gasteiger charge is -2.32. The van der Waals surface area contributed by atoms with Gasteiger partial charge in [0.05, 0.1) is 6.04 Å². The largest absolute Gasteiger partial charge is 0.349 e. The van der Waals surface area contributed by atoms with E-state index in [-0.39, 0.29) is 5.91 Å². The summed E-state index contributed by atoms with van der Waals surface area (Å²) >= 11 is 1.86. The van der Waals surface area contributed by atoms with E-state index in [1.54, 1.807) is 0 Å². The molecule has 1 fully saturated rings. The molecule has 2 aliphatic rings. The number of carbonyl (C=O) groups excluding carboxylic acids is 1. The number of piperidine rings is 1. The molecular weight excluding hydrogens is 346 g/mol. The highest BCUT2D eigenvalue weighted by Crippen LogP contribution is 2.25. The molecule has 1 saturated heterocycles. The Balaban J connectivity index is 1.29. The zero-order valence-electron chi connectivity index (χ0n) is 15.3. The molecule has 1 amide bonds. The number of fused-ring (bicyclic) bond motifs is 1. The van der Waals surface area contributed by atoms with Crippen LogP contribution in [0.1, 0.15) is 46.7 Å². The molecule has 0 saturated carbocycles. The number of hydrogen-bond donors (Lipinski definition) is 2. The molecule has 0 aliphatic carbocycles. The molecule has 2 N–H and O–H groups in total. The van der Waals surface area contributed by atoms with Gasteiger partial charge in [-0.1, -0.05) is 0 Å². The summed E-state index contributed by atoms with van der Waals surface area (Å²) < 4.78 is 1.94. The van der Waals surface area contributed by atoms with Crippen molar-refractivity contribution in [3.63, 3.8) is 0 Å². The van der Waals surface area contributed by atoms with Gasteiger partial charge in [0.1, 0.15) is 5.69 Å². The van der Waals surface area contributed by atoms with Crippen LogP contribution in [0.15, 0.2) is 23.7 Å². The first-order valence-corrected chi connectivity index (χ1v) is 10.4. The molecule has 0 aromatic carbocycles. The molecule has 4 heterocycles. The Morgan fingerprint density at radius 3 is 3.27 bits per heavy atom. The van der Waals surface area contributed by atoms with E-state index in [4.69, 9.17) is 0 Å². The molecule has 0 spiro atoms. The minimum atomic E-state index is -0.0763. The minimum absolute atomic E-state index is 0.0763. The molecule has 0 radical (unpaired) electrons. The first-order chi connectivity index (χ1) is 12.7. The van der Waals surface area contributed by atoms with Gasteiger partial charge < -0.3 is 10.6 Å². The summed E-state index contributed by atoms with van der Waals surface area (Å²) in [6, 6.07) is 4.73. The summed E-state index contributed by atoms with van der Waals surface area (Å²) in [7, 11) is 0. The van der Waals surface area contributed by atoms with Crippen molar-refractivity contribution in [1.29, 1.82) is 0 Å². The van der Waals surface area contributed by atoms with Gasteiger partial charge in [0, 0.05) is 43.3 Å². The molecule has 2 aromatic heterocycles. The topological polar surface area (TPSA) is 62.2 Å². The second-order valence-electron chi connectivity index (χ2n) is 7.33. The van der Waals surface area contributed by atoms with Gasteiger partial charge in [0.25, 0.3) is 5.91 Å². The van der Waals surface area contributed by atoms with E-state index < -0.39 is 0 Å². The first kappa shape index (κ1) is 17.7. The molecule has 26 heavy (non-hydrogen) atoms. The quantitative estimate of drug-likeness (QED) is 0.842. The second kappa shape index (κ2) is 7.90. The lowest BCUT2D eigenvalue weighted by atomic mass is 10.1. The maximum Gasteiger partial charge on any atom is 0.271 e. The van der Waals surface area contributed by atoms with Crippen molar-refractivity contribution in [2.45, 2.75) is 44.8 Å². The number of nitrogens with zero attached hydrogens (tertiary/aromatic N) is 3. The van der Waals surface area contributed by atoms with Crippen molar-refractivity contribution in [2.75, 3.05) is 26.2 Å². The smallest absolute Gasteiger partial charge is 0.271 e. The second-order valence-corrected chi connectivity index (χ2v) is 8.33. The van der Waals surface area contributed by atoms with Crippen LogP contribution in [0.3, 0.4) is 0 Å². The van der Waals surface area contributed by atoms with E-state index in [0.717, 1.165) is 45.4 Å². The normalized spacial score (nSPS) is 22.0. The lowest BCUT2D eigenvalue weighted by Crippen LogP contribution is -2.44. The highest BCUT2D eigenvalue weighted by atomic mass is 32.1. The van der Waals surface area contributed by atoms with Crippen LogP contribution in [-0.2, 0) is 13.0 Å². The van der Waals surface area contributed by atoms with E-state index >= 15 is 0 Å². The van der Waals surface area contributed by atoms with Crippen molar-refractivity contribution < 1.29 is 4.79 Å². The number of hydrogen-bond acceptors (Lipinski definition) is 5. The predicted molar refractivity (Wildman–Crippen MR) is 104 cm³/mol. The number of aromatic nitrogens is 2. The third-order valence-electron chi connectivity index (χ3n) is 5.50. The Hall–Kier alpha value is -1.70. The van der Waals surface area contributed by atoms with Crippen LogP contribution >= 0.6 is 11.3 Å². The van der Waals surface area contributed by atoms with Gasteiger partial charge in [0.15, 0.2) is 0 Å². The van der Waals surface area contributed by atoms with E-state index in [9.17, 15) is 4.79 Å². The average molecular weight is 374 g/mol. The Labute approximate surface area is 158 Å². The SMILES string of the molecule is CC(CNC(=O)c1ccn(C2CCCNC2)n1)N1CCc2sccc2C1. The van der Waals surface area contributed by atoms with Gasteiger partial charge in [-0.05, 0) is 55.8 Å². The van der Waals surface area contributed by atoms with Gasteiger partial charge in [0.2, 0.25) is 0 Å². The molecule has 2 aliphatic heterocycles. The van der Waals surface area contributed by atoms with Gasteiger partial charge in [-0.25, -0.2) is 0 Å². The lowest BCUT2D eigenvalue weighted by molar-refractivity contribution is 0.0926. The van der Waals surface area contributed by atoms with Crippen LogP contribution < -0.4 is 10.6 Å². The summed E-state index contributed by atoms with van der Waals surface area (Å²) in [5.74, 6) is -0.0763. The highest BCUT2D eigenvalue weighted by molar-refractivity contribution is 7.10. The van der Waals surface area contributed by atoms with Crippen LogP contribution in [-0.4, -0.2) is 52.8 Å². The fraction of sp³-hybridized carbons (Fsp3) is 0.579. The summed E-state index contributed by atoms with van der Waals surface area (Å²) in [5.41, 5.74) is 1.96. The highest BCUT2D eigenvalue weighted by Gasteiger charge is 2.22. The van der Waals surface area contributed by atoms with E-state index in [2.05, 4.69) is 39.0 Å². The van der Waals surface area contributed by atoms with Crippen LogP contribution in [0.25, 0.3) is 0 Å². The molecular formula is C19H27N5OS. The van der Waals surface area contributed by atoms with Crippen LogP contribution in [0.2, 0.25) is 0 Å². The maximum atomic E-state index is 12.5. The maximum absolute atomic E-state index is 12.5. The average Bonchev–Trinajstić information content (AvgIpc) is 3.35. The van der Waals surface area contributed by atoms with Crippen LogP contribution in [0, 0.1) is 0 Å². The number of nitrogens with one attached hydrogen (secondary N) is 2. The Morgan fingerprint density at radius 2 is 2.42 bits per heavy atom. The third kappa shape index (κ3) is 3.84. The molecule has 2 aromatic rings. The fourth-order valence-electron chi connectivity index (χ4n) is 3.83. The molecule has 6 nitrogen and oxygen atoms in total. The Kier molecular flexibility index (Phi) is 5.38. The van der Waals surface area contributed by atoms with Crippen molar-refractivity contribution in [2.24, 2.45) is 0 Å². The van der Waals surface area contributed by atoms with Crippen molar-refractivity contribution in [3.8, 4) is 0 Å². The van der Waals surface area contributed by atoms with Crippen LogP contribution in [0.5, 0.6) is 0 Å². The van der Waals surface area contributed by atoms with Crippen molar-refractivity contribution >= 4 is 17.2 Å². The van der Waals surface area contributed by atoms with Crippen molar-refractivity contribution in [1.82, 2.24) is 25.3 Å². The first-order valence-electron chi connectivity index (χ1n) is 9.54. The van der Waals surface area contributed by atoms with Gasteiger partial charge >= 0.3 is 0 Å². The number of carbonyl (C=O) groups is 1. The van der Waals surface area contributed by atoms with Gasteiger partial charge in [-0.15, -0.1) is 11.3 Å². The number of rotatable bonds is 5. The van der Waals surface area contributed by atoms with E-state index in [1.165, 1.54) is 10.4 Å². The zero-order chi connectivity index (χ0) is 17.9. The summed E-state index contributed by atoms with van der Waals surface area (Å²) in [4.78, 5) is 16.4. The Bertz CT molecular complexity index is 749. The summed E-state index contributed by atoms with van der Waals surface area (Å²) in [6.45, 7) is 6.89. The zero-order valence-corrected chi connectivity index (χ0v) is 16.1. The molecule has 4 rings (SSSR count). The number of amides is 1. The van der Waals surface area contributed by atoms with Crippen LogP contribution in [0.4, 0.5) is 0 Å². The monoisotopic (exact) mass is 373 g/mol. The fourth-order valence-corrected chi connectivity index (χ4v) is 4.72. The summed E-state index contributed by atoms with van der Waals surface area (Å²) in [5, 5.41) is 13.1. The molecule has 0 bridgehead atoms. The number of thiophene rings is 1. The standard InChI is InChI=1S/C19H27N5OS/c1-14(23-8-5-18-15(13-23)6-10-26-18)11-21-19(25)17-4-9-24(22-17)16-3-2-7-20-12-16/h4,6,9-10,14,16,20H,2-3,5,7-8,11-13H2,1H3,(H,21,25). The molecule has 2 unspecified atom stereocenters. The summed E-state index contributed by atoms with van der Waals surface area (Å²) in [6.07, 6.45) is 5.32. The molecule has 140 valence electrons. The van der Waals surface area contributed by atoms with Gasteiger partial charge in [-0.3, -0.25) is 14.4 Å². The third-order valence-corrected chi connectivity index (χ3v) is 6.53. The molecule has 7 heteroatoms. The molecule has 2 atom stereocenters. The Morgan fingerprint density at radius 1 is 1.50 bits per heavy atom. The van der Waals surface area contributed by atoms with Crippen molar-refractivity contribution in [3.05, 3.63) is 39.8 Å². The minimum Gasteiger partial charge on any atom is -0.349 e. The van der Waals surface area contributed by atoms with E-state index in [0.29, 0.717) is 24.3 Å². The van der Waals surface area contributed by atoms with Gasteiger partial charge in [-0.2, -0.15) is 5.10 Å². The predicted octanol–water partition coefficient (Wildman–Crippen LogP) is 2.05.